The van der Waals surface area contributed by atoms with Crippen LogP contribution in [0.15, 0.2) is 146 Å². The molecule has 19 N–H and O–H groups in total. The molecule has 0 unspecified atom stereocenters. The van der Waals surface area contributed by atoms with Gasteiger partial charge in [0.1, 0.15) is 31.2 Å². The Bertz CT molecular complexity index is 2860. The molecular formula is C78H124N6O20S3. The van der Waals surface area contributed by atoms with Crippen molar-refractivity contribution in [2.45, 2.75) is 246 Å². The summed E-state index contributed by atoms with van der Waals surface area (Å²) in [6, 6.07) is -4.39. The molecule has 0 aromatic heterocycles. The van der Waals surface area contributed by atoms with E-state index >= 15 is 0 Å². The van der Waals surface area contributed by atoms with E-state index in [1.165, 1.54) is 81.3 Å². The minimum atomic E-state index is -1.28. The fourth-order valence-electron chi connectivity index (χ4n) is 8.78. The molecule has 0 radical (unpaired) electrons. The number of aliphatic hydroxyl groups is 3. The third-order valence-corrected chi connectivity index (χ3v) is 19.1. The lowest BCUT2D eigenvalue weighted by atomic mass is 10.1. The number of allylic oxidation sites excluding steroid dienone is 21. The number of hydrogen-bond acceptors (Lipinski definition) is 19. The molecule has 0 bridgehead atoms. The second kappa shape index (κ2) is 72.6. The monoisotopic (exact) mass is 1560 g/mol. The first kappa shape index (κ1) is 104. The maximum Gasteiger partial charge on any atom is 0.322 e. The lowest BCUT2D eigenvalue weighted by Gasteiger charge is -2.23. The van der Waals surface area contributed by atoms with Crippen molar-refractivity contribution in [2.75, 3.05) is 30.3 Å². The van der Waals surface area contributed by atoms with Gasteiger partial charge in [0.05, 0.1) is 24.4 Å². The molecule has 0 saturated carbocycles. The van der Waals surface area contributed by atoms with E-state index in [1.54, 1.807) is 42.5 Å². The SMILES string of the molecule is CCCCC/C=C\C\C=C/C=C/C=C/[C@@H](SC[C@H](N)C(=O)NCC(=O)O)[C@@H](O)CCCC(=O)O.CCCCC/C=C\C\C=C/C=C/C=C/[C@@H](SC[C@H](N)C(=O)O)[C@@H](O)CCCC(=O)O.CCCCC/C=C\C\C=C/C=C/C=C/[C@@H](SC[C@H](NC(=O)CC[C@H](N)C(=O)O)C(=O)NCC(=O)O)[C@@H](O)CCCC(=O)O. The van der Waals surface area contributed by atoms with Gasteiger partial charge in [0, 0.05) is 58.7 Å². The van der Waals surface area contributed by atoms with E-state index in [2.05, 4.69) is 79.3 Å². The third-order valence-electron chi connectivity index (χ3n) is 14.9. The lowest BCUT2D eigenvalue weighted by Crippen LogP contribution is -2.50. The lowest BCUT2D eigenvalue weighted by molar-refractivity contribution is -0.139. The average Bonchev–Trinajstić information content (AvgIpc) is 0.905. The van der Waals surface area contributed by atoms with E-state index in [0.717, 1.165) is 50.3 Å². The van der Waals surface area contributed by atoms with Crippen molar-refractivity contribution in [1.82, 2.24) is 16.0 Å². The van der Waals surface area contributed by atoms with Crippen LogP contribution < -0.4 is 33.2 Å². The summed E-state index contributed by atoms with van der Waals surface area (Å²) in [5, 5.41) is 99.0. The van der Waals surface area contributed by atoms with Crippen molar-refractivity contribution in [3.05, 3.63) is 146 Å². The Hall–Kier alpha value is -7.61. The van der Waals surface area contributed by atoms with E-state index in [4.69, 9.17) is 52.9 Å². The van der Waals surface area contributed by atoms with Crippen LogP contribution in [0.2, 0.25) is 0 Å². The number of rotatable bonds is 63. The number of carbonyl (C=O) groups excluding carboxylic acids is 3. The Balaban J connectivity index is -0.00000154. The van der Waals surface area contributed by atoms with E-state index < -0.39 is 126 Å². The number of hydrogen-bond donors (Lipinski definition) is 16. The predicted molar refractivity (Wildman–Crippen MR) is 429 cm³/mol. The van der Waals surface area contributed by atoms with Crippen molar-refractivity contribution in [3.8, 4) is 0 Å². The van der Waals surface area contributed by atoms with E-state index in [1.807, 2.05) is 60.8 Å². The quantitative estimate of drug-likeness (QED) is 0.0153. The Morgan fingerprint density at radius 1 is 0.346 bits per heavy atom. The van der Waals surface area contributed by atoms with E-state index in [0.29, 0.717) is 25.7 Å². The van der Waals surface area contributed by atoms with Crippen LogP contribution in [0.3, 0.4) is 0 Å². The molecule has 0 aliphatic heterocycles. The first-order valence-corrected chi connectivity index (χ1v) is 39.8. The van der Waals surface area contributed by atoms with Gasteiger partial charge < -0.3 is 84.2 Å². The zero-order valence-corrected chi connectivity index (χ0v) is 65.0. The molecule has 0 heterocycles. The van der Waals surface area contributed by atoms with Gasteiger partial charge >= 0.3 is 41.8 Å². The molecule has 0 rings (SSSR count). The zero-order chi connectivity index (χ0) is 80.7. The van der Waals surface area contributed by atoms with E-state index in [-0.39, 0.29) is 67.5 Å². The predicted octanol–water partition coefficient (Wildman–Crippen LogP) is 10.5. The maximum atomic E-state index is 12.6. The summed E-state index contributed by atoms with van der Waals surface area (Å²) in [4.78, 5) is 112. The Labute approximate surface area is 645 Å². The standard InChI is InChI=1S/C30H47N3O9S.C25H40N2O6S.C23H37NO5S/c1-2-3-4-5-6-7-8-9-10-11-12-13-16-25(24(34)15-14-17-27(36)37)43-21-23(29(40)32-20-28(38)39)33-26(35)19-18-22(31)30(41)42;1-2-3-4-5-6-7-8-9-10-11-12-13-16-22(21(28)15-14-17-23(29)30)34-19-20(26)25(33)27-18-24(31)32;1-2-3-4-5-6-7-8-9-10-11-12-13-16-21(30-18-19(24)23(28)29)20(25)15-14-17-22(26)27/h6-7,9-13,16,22-25,34H,2-5,8,14-15,17-21,31H2,1H3,(H,32,40)(H,33,35)(H,36,37)(H,38,39)(H,41,42);6-7,9-13,16,20-22,28H,2-5,8,14-15,17-19,26H2,1H3,(H,27,33)(H,29,30)(H,31,32);6-7,9-13,16,19-21,25H,2-5,8,14-15,17-18,24H2,1H3,(H,26,27)(H,28,29)/b3*7-6-,10-9-,12-11+,16-13+/t22-,23-,24-,25+;20-,21-,22+;19-,20-,21+/m000/s1. The van der Waals surface area contributed by atoms with Gasteiger partial charge in [-0.1, -0.05) is 205 Å². The highest BCUT2D eigenvalue weighted by Crippen LogP contribution is 2.24. The number of nitrogens with two attached hydrogens (primary N) is 3. The Morgan fingerprint density at radius 2 is 0.673 bits per heavy atom. The number of aliphatic carboxylic acids is 7. The number of carboxylic acids is 7. The van der Waals surface area contributed by atoms with Gasteiger partial charge in [-0.3, -0.25) is 47.9 Å². The van der Waals surface area contributed by atoms with Crippen molar-refractivity contribution < 1.29 is 99.0 Å². The minimum absolute atomic E-state index is 0.00938. The van der Waals surface area contributed by atoms with Crippen LogP contribution in [0, 0.1) is 0 Å². The minimum Gasteiger partial charge on any atom is -0.481 e. The third kappa shape index (κ3) is 69.9. The molecular weight excluding hydrogens is 1440 g/mol. The highest BCUT2D eigenvalue weighted by atomic mass is 32.2. The highest BCUT2D eigenvalue weighted by molar-refractivity contribution is 8.00. The van der Waals surface area contributed by atoms with Gasteiger partial charge in [0.2, 0.25) is 17.7 Å². The first-order chi connectivity index (χ1) is 51.1. The number of carboxylic acid groups (broad SMARTS) is 7. The summed E-state index contributed by atoms with van der Waals surface area (Å²) in [6.45, 7) is 5.37. The summed E-state index contributed by atoms with van der Waals surface area (Å²) in [7, 11) is 0. The fourth-order valence-corrected chi connectivity index (χ4v) is 12.3. The molecule has 0 aliphatic carbocycles. The molecule has 3 amide bonds. The number of nitrogens with one attached hydrogen (secondary N) is 3. The zero-order valence-electron chi connectivity index (χ0n) is 62.6. The second-order valence-electron chi connectivity index (χ2n) is 24.5. The fraction of sp³-hybridized carbons (Fsp3) is 0.564. The summed E-state index contributed by atoms with van der Waals surface area (Å²) in [6.07, 6.45) is 62.0. The van der Waals surface area contributed by atoms with Crippen LogP contribution in [-0.4, -0.2) is 199 Å². The van der Waals surface area contributed by atoms with Gasteiger partial charge in [-0.05, 0) is 103 Å². The maximum absolute atomic E-state index is 12.6. The van der Waals surface area contributed by atoms with Crippen molar-refractivity contribution in [1.29, 1.82) is 0 Å². The first-order valence-electron chi connectivity index (χ1n) is 36.6. The summed E-state index contributed by atoms with van der Waals surface area (Å²) >= 11 is 3.65. The molecule has 0 spiro atoms. The average molecular weight is 1560 g/mol. The number of carbonyl (C=O) groups is 10. The molecule has 107 heavy (non-hydrogen) atoms. The number of thioether (sulfide) groups is 3. The van der Waals surface area contributed by atoms with Crippen LogP contribution in [0.5, 0.6) is 0 Å². The molecule has 10 atom stereocenters. The largest absolute Gasteiger partial charge is 0.481 e. The molecule has 29 heteroatoms. The van der Waals surface area contributed by atoms with Crippen molar-refractivity contribution in [2.24, 2.45) is 17.2 Å². The van der Waals surface area contributed by atoms with Crippen molar-refractivity contribution >= 4 is 94.8 Å². The van der Waals surface area contributed by atoms with Crippen LogP contribution in [0.4, 0.5) is 0 Å². The number of amides is 3. The molecule has 0 fully saturated rings. The van der Waals surface area contributed by atoms with Gasteiger partial charge in [-0.2, -0.15) is 0 Å². The smallest absolute Gasteiger partial charge is 0.322 e. The van der Waals surface area contributed by atoms with Crippen LogP contribution in [0.1, 0.15) is 188 Å². The van der Waals surface area contributed by atoms with Crippen LogP contribution in [0.25, 0.3) is 0 Å². The van der Waals surface area contributed by atoms with Crippen molar-refractivity contribution in [3.63, 3.8) is 0 Å². The Morgan fingerprint density at radius 3 is 1.00 bits per heavy atom. The van der Waals surface area contributed by atoms with Gasteiger partial charge in [-0.15, -0.1) is 35.3 Å². The number of aliphatic hydroxyl groups excluding tert-OH is 3. The van der Waals surface area contributed by atoms with E-state index in [9.17, 15) is 63.3 Å². The molecule has 0 aromatic rings. The van der Waals surface area contributed by atoms with Crippen LogP contribution >= 0.6 is 35.3 Å². The van der Waals surface area contributed by atoms with Crippen LogP contribution in [-0.2, 0) is 47.9 Å². The topological polar surface area (TPSA) is 487 Å². The van der Waals surface area contributed by atoms with Gasteiger partial charge in [-0.25, -0.2) is 0 Å². The highest BCUT2D eigenvalue weighted by Gasteiger charge is 2.27. The normalized spacial score (nSPS) is 14.9. The van der Waals surface area contributed by atoms with Gasteiger partial charge in [0.15, 0.2) is 0 Å². The molecule has 0 saturated heterocycles. The second-order valence-corrected chi connectivity index (χ2v) is 28.2. The molecule has 0 aromatic carbocycles. The summed E-state index contributed by atoms with van der Waals surface area (Å²) < 4.78 is 0. The molecule has 0 aliphatic rings. The Kier molecular flexibility index (Phi) is 70.2. The summed E-state index contributed by atoms with van der Waals surface area (Å²) in [5.41, 5.74) is 16.8. The molecule has 604 valence electrons. The molecule has 26 nitrogen and oxygen atoms in total. The number of unbranched alkanes of at least 4 members (excludes halogenated alkanes) is 9. The van der Waals surface area contributed by atoms with Gasteiger partial charge in [0.25, 0.3) is 0 Å². The summed E-state index contributed by atoms with van der Waals surface area (Å²) in [5.74, 6) is -9.33.